The molecular formula is C16H22N2O3S. The number of fused-ring (bicyclic) bond motifs is 1. The predicted molar refractivity (Wildman–Crippen MR) is 84.4 cm³/mol. The molecule has 2 aliphatic rings. The van der Waals surface area contributed by atoms with E-state index in [-0.39, 0.29) is 16.7 Å². The van der Waals surface area contributed by atoms with Crippen molar-refractivity contribution in [3.05, 3.63) is 29.8 Å². The minimum absolute atomic E-state index is 0.00205. The molecule has 2 heterocycles. The fourth-order valence-electron chi connectivity index (χ4n) is 3.52. The highest BCUT2D eigenvalue weighted by molar-refractivity contribution is 7.89. The van der Waals surface area contributed by atoms with Crippen LogP contribution in [0.25, 0.3) is 0 Å². The lowest BCUT2D eigenvalue weighted by molar-refractivity contribution is 0.101. The third-order valence-corrected chi connectivity index (χ3v) is 6.24. The van der Waals surface area contributed by atoms with E-state index in [0.29, 0.717) is 11.6 Å². The molecule has 5 nitrogen and oxygen atoms in total. The van der Waals surface area contributed by atoms with Crippen molar-refractivity contribution in [2.24, 2.45) is 0 Å². The molecule has 2 saturated heterocycles. The van der Waals surface area contributed by atoms with E-state index >= 15 is 0 Å². The molecular weight excluding hydrogens is 300 g/mol. The molecule has 2 aliphatic heterocycles. The Hall–Kier alpha value is -1.24. The van der Waals surface area contributed by atoms with E-state index in [1.807, 2.05) is 0 Å². The standard InChI is InChI=1S/C16H22N2O3S/c1-12(19)13-5-7-14(8-6-13)22(20,21)17-15-9-11-18-10-3-2-4-16(15)18/h5-8,15-17H,2-4,9-11H2,1H3/t15-,16+/m0/s1. The molecule has 1 aromatic rings. The lowest BCUT2D eigenvalue weighted by Crippen LogP contribution is -2.46. The highest BCUT2D eigenvalue weighted by Gasteiger charge is 2.37. The van der Waals surface area contributed by atoms with E-state index in [9.17, 15) is 13.2 Å². The van der Waals surface area contributed by atoms with Gasteiger partial charge in [0.05, 0.1) is 4.90 Å². The zero-order valence-corrected chi connectivity index (χ0v) is 13.6. The summed E-state index contributed by atoms with van der Waals surface area (Å²) in [4.78, 5) is 13.9. The number of piperidine rings is 1. The molecule has 6 heteroatoms. The average molecular weight is 322 g/mol. The van der Waals surface area contributed by atoms with Crippen molar-refractivity contribution in [3.8, 4) is 0 Å². The molecule has 1 N–H and O–H groups in total. The number of rotatable bonds is 4. The van der Waals surface area contributed by atoms with E-state index in [1.165, 1.54) is 31.9 Å². The Kier molecular flexibility index (Phi) is 4.34. The zero-order valence-electron chi connectivity index (χ0n) is 12.8. The molecule has 0 aromatic heterocycles. The Morgan fingerprint density at radius 2 is 1.86 bits per heavy atom. The third-order valence-electron chi connectivity index (χ3n) is 4.73. The molecule has 3 rings (SSSR count). The van der Waals surface area contributed by atoms with Gasteiger partial charge >= 0.3 is 0 Å². The van der Waals surface area contributed by atoms with Gasteiger partial charge in [0.25, 0.3) is 0 Å². The molecule has 2 fully saturated rings. The summed E-state index contributed by atoms with van der Waals surface area (Å²) >= 11 is 0. The van der Waals surface area contributed by atoms with Gasteiger partial charge < -0.3 is 0 Å². The summed E-state index contributed by atoms with van der Waals surface area (Å²) in [5.74, 6) is -0.0643. The van der Waals surface area contributed by atoms with Crippen molar-refractivity contribution in [3.63, 3.8) is 0 Å². The maximum atomic E-state index is 12.5. The summed E-state index contributed by atoms with van der Waals surface area (Å²) in [7, 11) is -3.52. The quantitative estimate of drug-likeness (QED) is 0.858. The summed E-state index contributed by atoms with van der Waals surface area (Å²) in [6.07, 6.45) is 4.32. The summed E-state index contributed by atoms with van der Waals surface area (Å²) in [6.45, 7) is 3.52. The van der Waals surface area contributed by atoms with Gasteiger partial charge in [-0.25, -0.2) is 13.1 Å². The lowest BCUT2D eigenvalue weighted by atomic mass is 10.00. The van der Waals surface area contributed by atoms with Crippen molar-refractivity contribution >= 4 is 15.8 Å². The predicted octanol–water partition coefficient (Wildman–Crippen LogP) is 1.79. The van der Waals surface area contributed by atoms with Crippen LogP contribution in [-0.4, -0.2) is 44.3 Å². The number of sulfonamides is 1. The Balaban J connectivity index is 1.74. The summed E-state index contributed by atoms with van der Waals surface area (Å²) in [5.41, 5.74) is 0.526. The minimum Gasteiger partial charge on any atom is -0.299 e. The number of hydrogen-bond donors (Lipinski definition) is 1. The second-order valence-electron chi connectivity index (χ2n) is 6.20. The van der Waals surface area contributed by atoms with Crippen LogP contribution in [0.15, 0.2) is 29.2 Å². The molecule has 0 saturated carbocycles. The Labute approximate surface area is 131 Å². The number of carbonyl (C=O) groups excluding carboxylic acids is 1. The monoisotopic (exact) mass is 322 g/mol. The smallest absolute Gasteiger partial charge is 0.240 e. The highest BCUT2D eigenvalue weighted by Crippen LogP contribution is 2.28. The Morgan fingerprint density at radius 3 is 2.55 bits per heavy atom. The van der Waals surface area contributed by atoms with Crippen LogP contribution >= 0.6 is 0 Å². The maximum absolute atomic E-state index is 12.5. The molecule has 22 heavy (non-hydrogen) atoms. The van der Waals surface area contributed by atoms with Crippen molar-refractivity contribution < 1.29 is 13.2 Å². The van der Waals surface area contributed by atoms with E-state index < -0.39 is 10.0 Å². The first kappa shape index (κ1) is 15.6. The van der Waals surface area contributed by atoms with Crippen LogP contribution in [0, 0.1) is 0 Å². The number of benzene rings is 1. The van der Waals surface area contributed by atoms with Crippen LogP contribution in [0.5, 0.6) is 0 Å². The van der Waals surface area contributed by atoms with Crippen LogP contribution < -0.4 is 4.72 Å². The van der Waals surface area contributed by atoms with Gasteiger partial charge in [-0.15, -0.1) is 0 Å². The fraction of sp³-hybridized carbons (Fsp3) is 0.562. The van der Waals surface area contributed by atoms with Crippen molar-refractivity contribution in [1.82, 2.24) is 9.62 Å². The number of carbonyl (C=O) groups is 1. The third kappa shape index (κ3) is 3.09. The first-order chi connectivity index (χ1) is 10.5. The van der Waals surface area contributed by atoms with Crippen LogP contribution in [0.3, 0.4) is 0 Å². The van der Waals surface area contributed by atoms with Crippen LogP contribution in [0.2, 0.25) is 0 Å². The van der Waals surface area contributed by atoms with E-state index in [1.54, 1.807) is 12.1 Å². The summed E-state index contributed by atoms with van der Waals surface area (Å²) < 4.78 is 27.9. The molecule has 0 radical (unpaired) electrons. The van der Waals surface area contributed by atoms with Gasteiger partial charge in [0.15, 0.2) is 5.78 Å². The van der Waals surface area contributed by atoms with E-state index in [4.69, 9.17) is 0 Å². The molecule has 0 unspecified atom stereocenters. The minimum atomic E-state index is -3.52. The molecule has 0 aliphatic carbocycles. The largest absolute Gasteiger partial charge is 0.299 e. The van der Waals surface area contributed by atoms with Gasteiger partial charge in [0.2, 0.25) is 10.0 Å². The normalized spacial score (nSPS) is 25.9. The number of hydrogen-bond acceptors (Lipinski definition) is 4. The van der Waals surface area contributed by atoms with Gasteiger partial charge in [0, 0.05) is 24.2 Å². The van der Waals surface area contributed by atoms with Gasteiger partial charge in [-0.3, -0.25) is 9.69 Å². The van der Waals surface area contributed by atoms with E-state index in [0.717, 1.165) is 25.9 Å². The average Bonchev–Trinajstić information content (AvgIpc) is 2.90. The SMILES string of the molecule is CC(=O)c1ccc(S(=O)(=O)N[C@H]2CCN3CCCC[C@H]23)cc1. The van der Waals surface area contributed by atoms with Gasteiger partial charge in [-0.2, -0.15) is 0 Å². The van der Waals surface area contributed by atoms with Crippen LogP contribution in [-0.2, 0) is 10.0 Å². The number of nitrogens with one attached hydrogen (secondary N) is 1. The van der Waals surface area contributed by atoms with Crippen LogP contribution in [0.1, 0.15) is 43.0 Å². The molecule has 1 aromatic carbocycles. The molecule has 0 amide bonds. The second-order valence-corrected chi connectivity index (χ2v) is 7.91. The van der Waals surface area contributed by atoms with Crippen molar-refractivity contribution in [1.29, 1.82) is 0 Å². The second kappa shape index (κ2) is 6.10. The molecule has 2 atom stereocenters. The number of ketones is 1. The van der Waals surface area contributed by atoms with Crippen LogP contribution in [0.4, 0.5) is 0 Å². The Morgan fingerprint density at radius 1 is 1.14 bits per heavy atom. The summed E-state index contributed by atoms with van der Waals surface area (Å²) in [6, 6.07) is 6.48. The van der Waals surface area contributed by atoms with Crippen molar-refractivity contribution in [2.45, 2.75) is 49.6 Å². The highest BCUT2D eigenvalue weighted by atomic mass is 32.2. The Bertz CT molecular complexity index is 654. The first-order valence-electron chi connectivity index (χ1n) is 7.85. The number of nitrogens with zero attached hydrogens (tertiary/aromatic N) is 1. The van der Waals surface area contributed by atoms with Gasteiger partial charge in [-0.05, 0) is 44.9 Å². The summed E-state index contributed by atoms with van der Waals surface area (Å²) in [5, 5.41) is 0. The fourth-order valence-corrected chi connectivity index (χ4v) is 4.82. The van der Waals surface area contributed by atoms with Gasteiger partial charge in [-0.1, -0.05) is 18.6 Å². The number of Topliss-reactive ketones (excluding diaryl/α,β-unsaturated/α-hetero) is 1. The molecule has 120 valence electrons. The maximum Gasteiger partial charge on any atom is 0.240 e. The van der Waals surface area contributed by atoms with Crippen molar-refractivity contribution in [2.75, 3.05) is 13.1 Å². The molecule has 0 spiro atoms. The topological polar surface area (TPSA) is 66.5 Å². The zero-order chi connectivity index (χ0) is 15.7. The van der Waals surface area contributed by atoms with E-state index in [2.05, 4.69) is 9.62 Å². The molecule has 0 bridgehead atoms. The lowest BCUT2D eigenvalue weighted by Gasteiger charge is -2.32. The first-order valence-corrected chi connectivity index (χ1v) is 9.33. The van der Waals surface area contributed by atoms with Gasteiger partial charge in [0.1, 0.15) is 0 Å².